The molecule has 1 atom stereocenters. The lowest BCUT2D eigenvalue weighted by atomic mass is 9.83. The molecular weight excluding hydrogens is 256 g/mol. The third kappa shape index (κ3) is 3.76. The molecule has 3 N–H and O–H groups in total. The highest BCUT2D eigenvalue weighted by molar-refractivity contribution is 5.73. The lowest BCUT2D eigenvalue weighted by Crippen LogP contribution is -2.42. The summed E-state index contributed by atoms with van der Waals surface area (Å²) in [7, 11) is 0. The van der Waals surface area contributed by atoms with Gasteiger partial charge in [0.05, 0.1) is 12.8 Å². The molecule has 1 saturated carbocycles. The van der Waals surface area contributed by atoms with E-state index < -0.39 is 6.10 Å². The van der Waals surface area contributed by atoms with Gasteiger partial charge in [0.15, 0.2) is 0 Å². The number of carbonyl (C=O) groups is 1. The summed E-state index contributed by atoms with van der Waals surface area (Å²) in [6.07, 6.45) is 6.70. The highest BCUT2D eigenvalue weighted by atomic mass is 16.4. The second-order valence-corrected chi connectivity index (χ2v) is 5.66. The van der Waals surface area contributed by atoms with Gasteiger partial charge < -0.3 is 20.2 Å². The van der Waals surface area contributed by atoms with Crippen molar-refractivity contribution in [1.82, 2.24) is 10.6 Å². The molecule has 1 unspecified atom stereocenters. The molecule has 2 amide bonds. The number of furan rings is 1. The second-order valence-electron chi connectivity index (χ2n) is 5.66. The molecule has 1 aromatic heterocycles. The van der Waals surface area contributed by atoms with Gasteiger partial charge >= 0.3 is 6.03 Å². The molecule has 0 radical (unpaired) electrons. The van der Waals surface area contributed by atoms with Gasteiger partial charge in [-0.1, -0.05) is 19.8 Å². The van der Waals surface area contributed by atoms with Gasteiger partial charge in [0.2, 0.25) is 0 Å². The third-order valence-corrected chi connectivity index (χ3v) is 4.37. The zero-order valence-corrected chi connectivity index (χ0v) is 12.0. The van der Waals surface area contributed by atoms with Crippen LogP contribution >= 0.6 is 0 Å². The Morgan fingerprint density at radius 2 is 2.20 bits per heavy atom. The third-order valence-electron chi connectivity index (χ3n) is 4.37. The predicted octanol–water partition coefficient (Wildman–Crippen LogP) is 2.58. The van der Waals surface area contributed by atoms with Crippen LogP contribution in [-0.2, 0) is 0 Å². The average Bonchev–Trinajstić information content (AvgIpc) is 3.14. The molecule has 0 saturated heterocycles. The van der Waals surface area contributed by atoms with Crippen LogP contribution in [0.4, 0.5) is 4.79 Å². The molecule has 1 aliphatic rings. The van der Waals surface area contributed by atoms with Gasteiger partial charge in [-0.2, -0.15) is 0 Å². The van der Waals surface area contributed by atoms with Crippen molar-refractivity contribution in [3.8, 4) is 0 Å². The standard InChI is InChI=1S/C15H24N2O3/c1-2-15(7-3-4-8-15)11-17-14(19)16-10-12(18)13-6-5-9-20-13/h5-6,9,12,18H,2-4,7-8,10-11H2,1H3,(H2,16,17,19). The van der Waals surface area contributed by atoms with Gasteiger partial charge in [-0.15, -0.1) is 0 Å². The first kappa shape index (κ1) is 14.9. The van der Waals surface area contributed by atoms with E-state index in [1.54, 1.807) is 12.1 Å². The molecule has 0 aliphatic heterocycles. The van der Waals surface area contributed by atoms with Gasteiger partial charge in [-0.05, 0) is 36.8 Å². The second kappa shape index (κ2) is 6.79. The molecule has 0 spiro atoms. The zero-order valence-electron chi connectivity index (χ0n) is 12.0. The van der Waals surface area contributed by atoms with Crippen LogP contribution in [0.5, 0.6) is 0 Å². The Hall–Kier alpha value is -1.49. The van der Waals surface area contributed by atoms with E-state index in [0.717, 1.165) is 6.42 Å². The van der Waals surface area contributed by atoms with Crippen LogP contribution in [0.1, 0.15) is 50.9 Å². The van der Waals surface area contributed by atoms with Gasteiger partial charge in [-0.25, -0.2) is 4.79 Å². The molecule has 1 fully saturated rings. The van der Waals surface area contributed by atoms with Crippen LogP contribution in [0.2, 0.25) is 0 Å². The summed E-state index contributed by atoms with van der Waals surface area (Å²) in [5.41, 5.74) is 0.275. The number of aliphatic hydroxyl groups is 1. The van der Waals surface area contributed by atoms with Crippen LogP contribution in [0, 0.1) is 5.41 Å². The summed E-state index contributed by atoms with van der Waals surface area (Å²) in [6.45, 7) is 3.05. The smallest absolute Gasteiger partial charge is 0.314 e. The van der Waals surface area contributed by atoms with Crippen molar-refractivity contribution in [2.24, 2.45) is 5.41 Å². The first-order valence-corrected chi connectivity index (χ1v) is 7.38. The Morgan fingerprint density at radius 1 is 1.45 bits per heavy atom. The average molecular weight is 280 g/mol. The molecule has 20 heavy (non-hydrogen) atoms. The fraction of sp³-hybridized carbons (Fsp3) is 0.667. The Bertz CT molecular complexity index is 411. The van der Waals surface area contributed by atoms with E-state index in [1.165, 1.54) is 31.9 Å². The monoisotopic (exact) mass is 280 g/mol. The van der Waals surface area contributed by atoms with Gasteiger partial charge in [-0.3, -0.25) is 0 Å². The molecular formula is C15H24N2O3. The molecule has 2 rings (SSSR count). The SMILES string of the molecule is CCC1(CNC(=O)NCC(O)c2ccco2)CCCC1. The largest absolute Gasteiger partial charge is 0.467 e. The van der Waals surface area contributed by atoms with E-state index in [-0.39, 0.29) is 18.0 Å². The fourth-order valence-corrected chi connectivity index (χ4v) is 2.88. The lowest BCUT2D eigenvalue weighted by molar-refractivity contribution is 0.147. The summed E-state index contributed by atoms with van der Waals surface area (Å²) < 4.78 is 5.08. The molecule has 1 aromatic rings. The van der Waals surface area contributed by atoms with Crippen LogP contribution < -0.4 is 10.6 Å². The highest BCUT2D eigenvalue weighted by Gasteiger charge is 2.32. The molecule has 0 aromatic carbocycles. The maximum atomic E-state index is 11.8. The van der Waals surface area contributed by atoms with Crippen LogP contribution in [0.15, 0.2) is 22.8 Å². The molecule has 5 nitrogen and oxygen atoms in total. The van der Waals surface area contributed by atoms with E-state index in [9.17, 15) is 9.90 Å². The number of hydrogen-bond donors (Lipinski definition) is 3. The van der Waals surface area contributed by atoms with Crippen molar-refractivity contribution in [1.29, 1.82) is 0 Å². The van der Waals surface area contributed by atoms with Crippen LogP contribution in [0.3, 0.4) is 0 Å². The van der Waals surface area contributed by atoms with E-state index in [0.29, 0.717) is 12.3 Å². The summed E-state index contributed by atoms with van der Waals surface area (Å²) in [4.78, 5) is 11.8. The Labute approximate surface area is 119 Å². The molecule has 112 valence electrons. The van der Waals surface area contributed by atoms with Crippen molar-refractivity contribution in [2.75, 3.05) is 13.1 Å². The van der Waals surface area contributed by atoms with Gasteiger partial charge in [0.25, 0.3) is 0 Å². The number of hydrogen-bond acceptors (Lipinski definition) is 3. The predicted molar refractivity (Wildman–Crippen MR) is 76.3 cm³/mol. The van der Waals surface area contributed by atoms with Gasteiger partial charge in [0.1, 0.15) is 11.9 Å². The molecule has 5 heteroatoms. The van der Waals surface area contributed by atoms with Crippen molar-refractivity contribution in [3.63, 3.8) is 0 Å². The fourth-order valence-electron chi connectivity index (χ4n) is 2.88. The topological polar surface area (TPSA) is 74.5 Å². The highest BCUT2D eigenvalue weighted by Crippen LogP contribution is 2.40. The van der Waals surface area contributed by atoms with E-state index in [4.69, 9.17) is 4.42 Å². The first-order valence-electron chi connectivity index (χ1n) is 7.38. The van der Waals surface area contributed by atoms with Gasteiger partial charge in [0, 0.05) is 6.54 Å². The Kier molecular flexibility index (Phi) is 5.06. The van der Waals surface area contributed by atoms with E-state index in [2.05, 4.69) is 17.6 Å². The summed E-state index contributed by atoms with van der Waals surface area (Å²) in [5, 5.41) is 15.4. The molecule has 1 aliphatic carbocycles. The quantitative estimate of drug-likeness (QED) is 0.749. The minimum atomic E-state index is -0.803. The normalized spacial score (nSPS) is 18.7. The summed E-state index contributed by atoms with van der Waals surface area (Å²) in [6, 6.07) is 3.17. The minimum Gasteiger partial charge on any atom is -0.467 e. The van der Waals surface area contributed by atoms with Crippen molar-refractivity contribution in [2.45, 2.75) is 45.1 Å². The number of amides is 2. The number of carbonyl (C=O) groups excluding carboxylic acids is 1. The summed E-state index contributed by atoms with van der Waals surface area (Å²) in [5.74, 6) is 0.464. The number of urea groups is 1. The molecule has 1 heterocycles. The summed E-state index contributed by atoms with van der Waals surface area (Å²) >= 11 is 0. The number of nitrogens with one attached hydrogen (secondary N) is 2. The Balaban J connectivity index is 1.70. The van der Waals surface area contributed by atoms with Crippen molar-refractivity contribution in [3.05, 3.63) is 24.2 Å². The lowest BCUT2D eigenvalue weighted by Gasteiger charge is -2.27. The van der Waals surface area contributed by atoms with Crippen LogP contribution in [-0.4, -0.2) is 24.2 Å². The minimum absolute atomic E-state index is 0.151. The van der Waals surface area contributed by atoms with E-state index >= 15 is 0 Å². The maximum absolute atomic E-state index is 11.8. The maximum Gasteiger partial charge on any atom is 0.314 e. The number of aliphatic hydroxyl groups excluding tert-OH is 1. The first-order chi connectivity index (χ1) is 9.65. The van der Waals surface area contributed by atoms with Crippen molar-refractivity contribution >= 4 is 6.03 Å². The van der Waals surface area contributed by atoms with Crippen molar-refractivity contribution < 1.29 is 14.3 Å². The van der Waals surface area contributed by atoms with Crippen LogP contribution in [0.25, 0.3) is 0 Å². The zero-order chi connectivity index (χ0) is 14.4. The Morgan fingerprint density at radius 3 is 2.80 bits per heavy atom. The number of rotatable bonds is 6. The van der Waals surface area contributed by atoms with E-state index in [1.807, 2.05) is 0 Å². The molecule has 0 bridgehead atoms.